The second kappa shape index (κ2) is 9.31. The van der Waals surface area contributed by atoms with Gasteiger partial charge in [0.15, 0.2) is 6.29 Å². The average molecular weight is 551 g/mol. The fourth-order valence-corrected chi connectivity index (χ4v) is 9.83. The van der Waals surface area contributed by atoms with Crippen LogP contribution in [-0.2, 0) is 23.8 Å². The fraction of sp³-hybridized carbons (Fsp3) is 0.862. The maximum atomic E-state index is 13.0. The maximum Gasteiger partial charge on any atom is 0.331 e. The molecular formula is C29H42O10. The highest BCUT2D eigenvalue weighted by molar-refractivity contribution is 5.85. The molecule has 4 aliphatic carbocycles. The molecule has 10 nitrogen and oxygen atoms in total. The van der Waals surface area contributed by atoms with Crippen LogP contribution in [0.3, 0.4) is 0 Å². The molecule has 6 aliphatic rings. The van der Waals surface area contributed by atoms with E-state index in [4.69, 9.17) is 14.2 Å². The highest BCUT2D eigenvalue weighted by Gasteiger charge is 2.73. The first-order valence-electron chi connectivity index (χ1n) is 14.5. The van der Waals surface area contributed by atoms with Crippen LogP contribution in [0.2, 0.25) is 0 Å². The lowest BCUT2D eigenvalue weighted by Gasteiger charge is -2.66. The first-order chi connectivity index (χ1) is 18.4. The van der Waals surface area contributed by atoms with Crippen molar-refractivity contribution < 1.29 is 49.3 Å². The van der Waals surface area contributed by atoms with Crippen molar-refractivity contribution in [3.05, 3.63) is 11.6 Å². The normalized spacial score (nSPS) is 55.2. The number of esters is 1. The summed E-state index contributed by atoms with van der Waals surface area (Å²) in [7, 11) is 0. The molecule has 0 aromatic rings. The average Bonchev–Trinajstić information content (AvgIpc) is 3.41. The molecule has 13 atom stereocenters. The number of fused-ring (bicyclic) bond motifs is 5. The highest BCUT2D eigenvalue weighted by Crippen LogP contribution is 2.70. The zero-order valence-corrected chi connectivity index (χ0v) is 22.7. The van der Waals surface area contributed by atoms with Gasteiger partial charge >= 0.3 is 5.97 Å². The number of aldehydes is 1. The van der Waals surface area contributed by atoms with Gasteiger partial charge < -0.3 is 44.5 Å². The van der Waals surface area contributed by atoms with Crippen LogP contribution in [0.5, 0.6) is 0 Å². The summed E-state index contributed by atoms with van der Waals surface area (Å²) in [5.74, 6) is -1.46. The topological polar surface area (TPSA) is 163 Å². The fourth-order valence-electron chi connectivity index (χ4n) is 9.83. The molecule has 0 bridgehead atoms. The molecule has 5 fully saturated rings. The summed E-state index contributed by atoms with van der Waals surface area (Å²) in [6, 6.07) is 0. The van der Waals surface area contributed by atoms with Crippen LogP contribution in [0.25, 0.3) is 0 Å². The van der Waals surface area contributed by atoms with E-state index < -0.39 is 64.8 Å². The van der Waals surface area contributed by atoms with E-state index in [0.717, 1.165) is 11.9 Å². The van der Waals surface area contributed by atoms with Gasteiger partial charge in [-0.05, 0) is 69.3 Å². The number of aliphatic hydroxyl groups is 5. The maximum absolute atomic E-state index is 13.0. The molecule has 5 N–H and O–H groups in total. The molecule has 0 spiro atoms. The van der Waals surface area contributed by atoms with E-state index in [0.29, 0.717) is 32.1 Å². The number of cyclic esters (lactones) is 1. The lowest BCUT2D eigenvalue weighted by Crippen LogP contribution is -2.72. The van der Waals surface area contributed by atoms with Gasteiger partial charge in [0.25, 0.3) is 0 Å². The number of ether oxygens (including phenoxy) is 3. The third kappa shape index (κ3) is 3.86. The molecule has 2 aliphatic heterocycles. The van der Waals surface area contributed by atoms with E-state index in [-0.39, 0.29) is 50.1 Å². The first-order valence-corrected chi connectivity index (χ1v) is 14.5. The van der Waals surface area contributed by atoms with Crippen LogP contribution < -0.4 is 0 Å². The summed E-state index contributed by atoms with van der Waals surface area (Å²) in [5.41, 5.74) is -3.63. The Morgan fingerprint density at radius 3 is 2.49 bits per heavy atom. The molecule has 0 unspecified atom stereocenters. The minimum atomic E-state index is -1.42. The second-order valence-electron chi connectivity index (χ2n) is 13.5. The molecule has 2 heterocycles. The van der Waals surface area contributed by atoms with Gasteiger partial charge in [-0.2, -0.15) is 0 Å². The molecule has 6 rings (SSSR count). The van der Waals surface area contributed by atoms with E-state index in [1.165, 1.54) is 6.08 Å². The van der Waals surface area contributed by atoms with Crippen molar-refractivity contribution in [2.24, 2.45) is 28.6 Å². The van der Waals surface area contributed by atoms with E-state index >= 15 is 0 Å². The summed E-state index contributed by atoms with van der Waals surface area (Å²) in [6.07, 6.45) is 0.945. The lowest BCUT2D eigenvalue weighted by atomic mass is 9.41. The van der Waals surface area contributed by atoms with Crippen LogP contribution >= 0.6 is 0 Å². The number of rotatable bonds is 4. The van der Waals surface area contributed by atoms with Crippen LogP contribution in [-0.4, -0.2) is 92.4 Å². The van der Waals surface area contributed by atoms with Gasteiger partial charge in [0.2, 0.25) is 0 Å². The van der Waals surface area contributed by atoms with Gasteiger partial charge in [0.05, 0.1) is 41.0 Å². The highest BCUT2D eigenvalue weighted by atomic mass is 16.7. The Morgan fingerprint density at radius 1 is 1.05 bits per heavy atom. The lowest BCUT2D eigenvalue weighted by molar-refractivity contribution is -0.295. The summed E-state index contributed by atoms with van der Waals surface area (Å²) >= 11 is 0. The zero-order valence-electron chi connectivity index (χ0n) is 22.7. The van der Waals surface area contributed by atoms with Gasteiger partial charge in [-0.25, -0.2) is 4.79 Å². The number of hydrogen-bond donors (Lipinski definition) is 5. The second-order valence-corrected chi connectivity index (χ2v) is 13.5. The van der Waals surface area contributed by atoms with Crippen LogP contribution in [0, 0.1) is 28.6 Å². The third-order valence-corrected chi connectivity index (χ3v) is 11.8. The zero-order chi connectivity index (χ0) is 28.0. The molecule has 4 saturated carbocycles. The van der Waals surface area contributed by atoms with Gasteiger partial charge in [-0.15, -0.1) is 0 Å². The van der Waals surface area contributed by atoms with Crippen molar-refractivity contribution in [1.82, 2.24) is 0 Å². The van der Waals surface area contributed by atoms with Gasteiger partial charge in [0, 0.05) is 30.3 Å². The largest absolute Gasteiger partial charge is 0.458 e. The summed E-state index contributed by atoms with van der Waals surface area (Å²) in [4.78, 5) is 24.8. The van der Waals surface area contributed by atoms with Gasteiger partial charge in [-0.1, -0.05) is 6.92 Å². The monoisotopic (exact) mass is 550 g/mol. The van der Waals surface area contributed by atoms with Crippen molar-refractivity contribution >= 4 is 12.3 Å². The molecule has 0 aromatic heterocycles. The van der Waals surface area contributed by atoms with E-state index in [1.54, 1.807) is 6.92 Å². The molecule has 10 heteroatoms. The minimum Gasteiger partial charge on any atom is -0.458 e. The first kappa shape index (κ1) is 27.8. The Hall–Kier alpha value is -1.40. The van der Waals surface area contributed by atoms with E-state index in [9.17, 15) is 35.1 Å². The molecule has 0 aromatic carbocycles. The number of carbonyl (C=O) groups excluding carboxylic acids is 2. The Bertz CT molecular complexity index is 1040. The third-order valence-electron chi connectivity index (χ3n) is 11.8. The molecule has 39 heavy (non-hydrogen) atoms. The summed E-state index contributed by atoms with van der Waals surface area (Å²) in [5, 5.41) is 56.3. The van der Waals surface area contributed by atoms with E-state index in [2.05, 4.69) is 0 Å². The predicted octanol–water partition coefficient (Wildman–Crippen LogP) is 0.750. The summed E-state index contributed by atoms with van der Waals surface area (Å²) in [6.45, 7) is 3.86. The van der Waals surface area contributed by atoms with Gasteiger partial charge in [-0.3, -0.25) is 0 Å². The Morgan fingerprint density at radius 2 is 1.82 bits per heavy atom. The number of hydrogen-bond acceptors (Lipinski definition) is 10. The van der Waals surface area contributed by atoms with Crippen molar-refractivity contribution in [3.8, 4) is 0 Å². The Labute approximate surface area is 228 Å². The van der Waals surface area contributed by atoms with Crippen LogP contribution in [0.4, 0.5) is 0 Å². The van der Waals surface area contributed by atoms with Crippen LogP contribution in [0.1, 0.15) is 71.6 Å². The molecule has 0 amide bonds. The summed E-state index contributed by atoms with van der Waals surface area (Å²) < 4.78 is 17.0. The van der Waals surface area contributed by atoms with Gasteiger partial charge in [0.1, 0.15) is 19.0 Å². The quantitative estimate of drug-likeness (QED) is 0.192. The minimum absolute atomic E-state index is 0.103. The van der Waals surface area contributed by atoms with Crippen LogP contribution in [0.15, 0.2) is 11.6 Å². The standard InChI is InChI=1S/C29H42O10/c1-15-25(34)20(31)10-23(38-15)39-17-3-6-27(14-30)24-19(4-7-28(27,35)11-17)29(36)8-5-18(16-9-22(33)37-13-16)26(29,2)12-21(24)32/h9,14-15,17-21,23-25,31-32,34-36H,3-8,10-13H2,1-2H3/t15-,17+,18-,19-,20+,21-,23+,24-,25-,26-,27+,28-,29+/m1/s1. The molecular weight excluding hydrogens is 508 g/mol. The molecule has 0 radical (unpaired) electrons. The smallest absolute Gasteiger partial charge is 0.331 e. The Kier molecular flexibility index (Phi) is 6.62. The molecule has 1 saturated heterocycles. The van der Waals surface area contributed by atoms with Crippen molar-refractivity contribution in [2.45, 2.75) is 120 Å². The van der Waals surface area contributed by atoms with E-state index in [1.807, 2.05) is 6.92 Å². The predicted molar refractivity (Wildman–Crippen MR) is 135 cm³/mol. The Balaban J connectivity index is 1.25. The van der Waals surface area contributed by atoms with Crippen molar-refractivity contribution in [1.29, 1.82) is 0 Å². The molecule has 218 valence electrons. The SMILES string of the molecule is C[C@H]1O[C@@H](O[C@H]2CC[C@]3(C=O)[C@H]4[C@H](O)C[C@]5(C)[C@@H](C6=CC(=O)OC6)CC[C@]5(O)[C@@H]4CC[C@@]3(O)C2)C[C@H](O)[C@@H]1O. The van der Waals surface area contributed by atoms with Crippen molar-refractivity contribution in [3.63, 3.8) is 0 Å². The van der Waals surface area contributed by atoms with Crippen molar-refractivity contribution in [2.75, 3.05) is 6.61 Å². The number of aliphatic hydroxyl groups excluding tert-OH is 3. The number of carbonyl (C=O) groups is 2.